The molecule has 0 spiro atoms. The third-order valence-electron chi connectivity index (χ3n) is 6.77. The lowest BCUT2D eigenvalue weighted by Crippen LogP contribution is -2.52. The number of nitrogens with one attached hydrogen (secondary N) is 1. The second kappa shape index (κ2) is 15.2. The van der Waals surface area contributed by atoms with Crippen molar-refractivity contribution in [3.8, 4) is 11.5 Å². The summed E-state index contributed by atoms with van der Waals surface area (Å²) in [5.41, 5.74) is 0.834. The van der Waals surface area contributed by atoms with Gasteiger partial charge in [0.25, 0.3) is 10.0 Å². The number of hydrogen-bond acceptors (Lipinski definition) is 6. The molecule has 0 aliphatic rings. The molecule has 3 aromatic carbocycles. The molecule has 0 saturated carbocycles. The molecule has 11 heteroatoms. The first-order valence-corrected chi connectivity index (χ1v) is 15.2. The van der Waals surface area contributed by atoms with Crippen molar-refractivity contribution in [2.45, 2.75) is 50.6 Å². The number of carbonyl (C=O) groups is 2. The number of rotatable bonds is 15. The van der Waals surface area contributed by atoms with Gasteiger partial charge in [0.1, 0.15) is 29.9 Å². The molecule has 0 fully saturated rings. The van der Waals surface area contributed by atoms with Crippen LogP contribution in [0.5, 0.6) is 11.5 Å². The van der Waals surface area contributed by atoms with Crippen LogP contribution < -0.4 is 19.1 Å². The summed E-state index contributed by atoms with van der Waals surface area (Å²) in [6, 6.07) is 16.8. The van der Waals surface area contributed by atoms with E-state index >= 15 is 0 Å². The van der Waals surface area contributed by atoms with Crippen molar-refractivity contribution in [3.63, 3.8) is 0 Å². The summed E-state index contributed by atoms with van der Waals surface area (Å²) in [5.74, 6) is -0.371. The fraction of sp³-hybridized carbons (Fsp3) is 0.355. The van der Waals surface area contributed by atoms with Gasteiger partial charge in [0, 0.05) is 13.1 Å². The van der Waals surface area contributed by atoms with Gasteiger partial charge in [-0.2, -0.15) is 0 Å². The molecule has 0 aliphatic carbocycles. The molecule has 0 bridgehead atoms. The smallest absolute Gasteiger partial charge is 0.264 e. The van der Waals surface area contributed by atoms with Gasteiger partial charge in [0.2, 0.25) is 11.8 Å². The highest BCUT2D eigenvalue weighted by Crippen LogP contribution is 2.26. The van der Waals surface area contributed by atoms with E-state index in [1.165, 1.54) is 48.4 Å². The van der Waals surface area contributed by atoms with Gasteiger partial charge in [-0.05, 0) is 79.1 Å². The number of unbranched alkanes of at least 4 members (excludes halogenated alkanes) is 1. The van der Waals surface area contributed by atoms with E-state index in [1.807, 2.05) is 6.92 Å². The third-order valence-corrected chi connectivity index (χ3v) is 8.56. The number of carbonyl (C=O) groups excluding carboxylic acids is 2. The van der Waals surface area contributed by atoms with Crippen molar-refractivity contribution in [2.75, 3.05) is 31.6 Å². The number of anilines is 1. The molecule has 0 aromatic heterocycles. The third kappa shape index (κ3) is 8.22. The molecule has 0 saturated heterocycles. The van der Waals surface area contributed by atoms with Gasteiger partial charge in [-0.25, -0.2) is 12.8 Å². The second-order valence-electron chi connectivity index (χ2n) is 9.60. The largest absolute Gasteiger partial charge is 0.497 e. The lowest BCUT2D eigenvalue weighted by atomic mass is 10.1. The lowest BCUT2D eigenvalue weighted by Gasteiger charge is -2.33. The zero-order valence-corrected chi connectivity index (χ0v) is 25.2. The van der Waals surface area contributed by atoms with Crippen LogP contribution in [0.25, 0.3) is 0 Å². The minimum absolute atomic E-state index is 0.0579. The van der Waals surface area contributed by atoms with E-state index in [9.17, 15) is 22.4 Å². The highest BCUT2D eigenvalue weighted by molar-refractivity contribution is 7.92. The van der Waals surface area contributed by atoms with Crippen LogP contribution >= 0.6 is 0 Å². The zero-order valence-electron chi connectivity index (χ0n) is 24.4. The SMILES string of the molecule is CCCCNC(=O)[C@@H](CC)N(Cc1ccc(OC)cc1)C(=O)CN(c1ccc(F)cc1)S(=O)(=O)c1ccc(OC)cc1. The van der Waals surface area contributed by atoms with Crippen molar-refractivity contribution in [3.05, 3.63) is 84.2 Å². The Balaban J connectivity index is 2.02. The number of methoxy groups -OCH3 is 2. The predicted octanol–water partition coefficient (Wildman–Crippen LogP) is 4.76. The van der Waals surface area contributed by atoms with E-state index in [0.29, 0.717) is 24.5 Å². The van der Waals surface area contributed by atoms with Crippen LogP contribution in [0.1, 0.15) is 38.7 Å². The highest BCUT2D eigenvalue weighted by atomic mass is 32.2. The molecule has 2 amide bonds. The number of nitrogens with zero attached hydrogens (tertiary/aromatic N) is 2. The summed E-state index contributed by atoms with van der Waals surface area (Å²) in [5, 5.41) is 2.89. The summed E-state index contributed by atoms with van der Waals surface area (Å²) in [6.45, 7) is 3.71. The van der Waals surface area contributed by atoms with Gasteiger partial charge in [-0.1, -0.05) is 32.4 Å². The van der Waals surface area contributed by atoms with Gasteiger partial charge in [-0.3, -0.25) is 13.9 Å². The van der Waals surface area contributed by atoms with Crippen molar-refractivity contribution in [2.24, 2.45) is 0 Å². The van der Waals surface area contributed by atoms with E-state index in [-0.39, 0.29) is 23.0 Å². The second-order valence-corrected chi connectivity index (χ2v) is 11.5. The van der Waals surface area contributed by atoms with Crippen molar-refractivity contribution >= 4 is 27.5 Å². The van der Waals surface area contributed by atoms with E-state index < -0.39 is 34.3 Å². The maximum Gasteiger partial charge on any atom is 0.264 e. The zero-order chi connectivity index (χ0) is 30.7. The summed E-state index contributed by atoms with van der Waals surface area (Å²) in [4.78, 5) is 28.6. The molecule has 0 heterocycles. The Morgan fingerprint density at radius 1 is 0.881 bits per heavy atom. The number of halogens is 1. The average Bonchev–Trinajstić information content (AvgIpc) is 3.00. The molecule has 0 radical (unpaired) electrons. The lowest BCUT2D eigenvalue weighted by molar-refractivity contribution is -0.140. The maximum atomic E-state index is 14.1. The Morgan fingerprint density at radius 2 is 1.45 bits per heavy atom. The molecule has 9 nitrogen and oxygen atoms in total. The highest BCUT2D eigenvalue weighted by Gasteiger charge is 2.33. The number of benzene rings is 3. The Morgan fingerprint density at radius 3 is 1.98 bits per heavy atom. The molecule has 1 atom stereocenters. The van der Waals surface area contributed by atoms with Crippen LogP contribution in [-0.4, -0.2) is 58.5 Å². The first kappa shape index (κ1) is 32.4. The molecule has 0 aliphatic heterocycles. The van der Waals surface area contributed by atoms with Crippen molar-refractivity contribution < 1.29 is 31.9 Å². The van der Waals surface area contributed by atoms with Crippen molar-refractivity contribution in [1.82, 2.24) is 10.2 Å². The van der Waals surface area contributed by atoms with E-state index in [1.54, 1.807) is 38.3 Å². The van der Waals surface area contributed by atoms with E-state index in [0.717, 1.165) is 34.8 Å². The van der Waals surface area contributed by atoms with Crippen LogP contribution in [0.4, 0.5) is 10.1 Å². The average molecular weight is 600 g/mol. The standard InChI is InChI=1S/C31H38FN3O6S/c1-5-7-20-33-31(37)29(6-2)34(21-23-8-14-26(40-3)15-9-23)30(36)22-35(25-12-10-24(32)11-13-25)42(38,39)28-18-16-27(41-4)17-19-28/h8-19,29H,5-7,20-22H2,1-4H3,(H,33,37)/t29-/m1/s1. The van der Waals surface area contributed by atoms with Crippen LogP contribution in [0.2, 0.25) is 0 Å². The molecule has 3 rings (SSSR count). The Hall–Kier alpha value is -4.12. The minimum Gasteiger partial charge on any atom is -0.497 e. The van der Waals surface area contributed by atoms with Gasteiger partial charge >= 0.3 is 0 Å². The fourth-order valence-corrected chi connectivity index (χ4v) is 5.78. The Bertz CT molecular complexity index is 1410. The van der Waals surface area contributed by atoms with Gasteiger partial charge in [0.05, 0.1) is 24.8 Å². The Kier molecular flexibility index (Phi) is 11.7. The molecule has 226 valence electrons. The molecular weight excluding hydrogens is 561 g/mol. The minimum atomic E-state index is -4.28. The van der Waals surface area contributed by atoms with Crippen LogP contribution in [-0.2, 0) is 26.2 Å². The summed E-state index contributed by atoms with van der Waals surface area (Å²) >= 11 is 0. The molecule has 3 aromatic rings. The van der Waals surface area contributed by atoms with E-state index in [4.69, 9.17) is 9.47 Å². The first-order valence-electron chi connectivity index (χ1n) is 13.8. The maximum absolute atomic E-state index is 14.1. The number of sulfonamides is 1. The molecule has 1 N–H and O–H groups in total. The Labute approximate surface area is 247 Å². The van der Waals surface area contributed by atoms with E-state index in [2.05, 4.69) is 5.32 Å². The van der Waals surface area contributed by atoms with Gasteiger partial charge in [0.15, 0.2) is 0 Å². The quantitative estimate of drug-likeness (QED) is 0.253. The van der Waals surface area contributed by atoms with Gasteiger partial charge in [-0.15, -0.1) is 0 Å². The molecular formula is C31H38FN3O6S. The summed E-state index contributed by atoms with van der Waals surface area (Å²) < 4.78 is 52.9. The summed E-state index contributed by atoms with van der Waals surface area (Å²) in [7, 11) is -1.27. The number of amides is 2. The van der Waals surface area contributed by atoms with Crippen LogP contribution in [0, 0.1) is 5.82 Å². The number of hydrogen-bond donors (Lipinski definition) is 1. The normalized spacial score (nSPS) is 11.8. The van der Waals surface area contributed by atoms with Gasteiger partial charge < -0.3 is 19.7 Å². The van der Waals surface area contributed by atoms with Crippen LogP contribution in [0.15, 0.2) is 77.7 Å². The van der Waals surface area contributed by atoms with Crippen molar-refractivity contribution in [1.29, 1.82) is 0 Å². The fourth-order valence-electron chi connectivity index (χ4n) is 4.36. The monoisotopic (exact) mass is 599 g/mol. The molecule has 0 unspecified atom stereocenters. The predicted molar refractivity (Wildman–Crippen MR) is 159 cm³/mol. The molecule has 42 heavy (non-hydrogen) atoms. The topological polar surface area (TPSA) is 105 Å². The van der Waals surface area contributed by atoms with Crippen LogP contribution in [0.3, 0.4) is 0 Å². The first-order chi connectivity index (χ1) is 20.1. The summed E-state index contributed by atoms with van der Waals surface area (Å²) in [6.07, 6.45) is 1.98. The number of ether oxygens (including phenoxy) is 2.